The van der Waals surface area contributed by atoms with Crippen LogP contribution < -0.4 is 10.2 Å². The Bertz CT molecular complexity index is 821. The zero-order chi connectivity index (χ0) is 18.7. The van der Waals surface area contributed by atoms with Crippen LogP contribution in [0.2, 0.25) is 0 Å². The van der Waals surface area contributed by atoms with Gasteiger partial charge in [0.2, 0.25) is 0 Å². The number of aliphatic carboxylic acids is 2. The van der Waals surface area contributed by atoms with Crippen LogP contribution in [-0.2, 0) is 14.4 Å². The van der Waals surface area contributed by atoms with Gasteiger partial charge in [-0.1, -0.05) is 36.1 Å². The van der Waals surface area contributed by atoms with Crippen LogP contribution in [0, 0.1) is 10.1 Å². The number of non-ortho nitro benzene ring substituents is 1. The number of benzene rings is 1. The highest BCUT2D eigenvalue weighted by atomic mass is 32.2. The van der Waals surface area contributed by atoms with Gasteiger partial charge in [-0.05, 0) is 11.6 Å². The molecule has 1 aromatic rings. The van der Waals surface area contributed by atoms with Crippen molar-refractivity contribution in [2.24, 2.45) is 0 Å². The lowest BCUT2D eigenvalue weighted by Gasteiger charge is -2.27. The minimum Gasteiger partial charge on any atom is -0.550 e. The second-order valence-corrected chi connectivity index (χ2v) is 6.49. The van der Waals surface area contributed by atoms with Crippen molar-refractivity contribution in [3.8, 4) is 0 Å². The second kappa shape index (κ2) is 7.40. The van der Waals surface area contributed by atoms with Gasteiger partial charge in [-0.15, -0.1) is 0 Å². The van der Waals surface area contributed by atoms with Gasteiger partial charge in [-0.25, -0.2) is 0 Å². The lowest BCUT2D eigenvalue weighted by Crippen LogP contribution is -2.52. The normalized spacial score (nSPS) is 17.0. The molecule has 130 valence electrons. The summed E-state index contributed by atoms with van der Waals surface area (Å²) in [5.74, 6) is -4.28. The van der Waals surface area contributed by atoms with Crippen LogP contribution in [0.3, 0.4) is 0 Å². The van der Waals surface area contributed by atoms with Gasteiger partial charge in [-0.2, -0.15) is 0 Å². The molecule has 1 amide bonds. The third-order valence-corrected chi connectivity index (χ3v) is 4.48. The van der Waals surface area contributed by atoms with Crippen molar-refractivity contribution < 1.29 is 29.5 Å². The highest BCUT2D eigenvalue weighted by Crippen LogP contribution is 2.34. The van der Waals surface area contributed by atoms with Gasteiger partial charge in [0.05, 0.1) is 21.8 Å². The zero-order valence-corrected chi connectivity index (χ0v) is 13.9. The number of nitro benzene ring substituents is 1. The minimum absolute atomic E-state index is 0.00935. The maximum Gasteiger partial charge on any atom is 0.270 e. The molecule has 11 heteroatoms. The fourth-order valence-corrected chi connectivity index (χ4v) is 3.42. The van der Waals surface area contributed by atoms with Crippen LogP contribution in [0.15, 0.2) is 29.2 Å². The van der Waals surface area contributed by atoms with Crippen molar-refractivity contribution in [1.82, 2.24) is 4.90 Å². The number of carbonyl (C=O) groups excluding carboxylic acids is 3. The number of carbonyl (C=O) groups is 3. The lowest BCUT2D eigenvalue weighted by molar-refractivity contribution is -0.384. The molecular weight excluding hydrogens is 372 g/mol. The molecule has 0 bridgehead atoms. The molecule has 0 N–H and O–H groups in total. The van der Waals surface area contributed by atoms with Gasteiger partial charge in [0.25, 0.3) is 11.6 Å². The van der Waals surface area contributed by atoms with Crippen molar-refractivity contribution in [2.45, 2.75) is 12.5 Å². The maximum atomic E-state index is 12.4. The van der Waals surface area contributed by atoms with E-state index in [0.717, 1.165) is 11.8 Å². The van der Waals surface area contributed by atoms with E-state index < -0.39 is 35.2 Å². The number of carboxylic acids is 2. The Balaban J connectivity index is 2.34. The predicted molar refractivity (Wildman–Crippen MR) is 86.5 cm³/mol. The first-order valence-corrected chi connectivity index (χ1v) is 7.85. The third-order valence-electron chi connectivity index (χ3n) is 3.15. The van der Waals surface area contributed by atoms with E-state index in [2.05, 4.69) is 0 Å². The standard InChI is InChI=1S/C14H10N2O7S2/c17-11(18)6-9(13(20)21)15-12(19)10(25-14(15)24)5-7-2-1-3-8(4-7)16(22)23/h1-5,9H,6H2,(H,17,18)(H,20,21)/p-2/b10-5-/t9-/m1/s1. The molecule has 0 aliphatic carbocycles. The number of amides is 1. The number of carboxylic acid groups (broad SMARTS) is 2. The molecule has 1 fully saturated rings. The van der Waals surface area contributed by atoms with Crippen LogP contribution in [0.5, 0.6) is 0 Å². The average Bonchev–Trinajstić information content (AvgIpc) is 2.79. The van der Waals surface area contributed by atoms with Gasteiger partial charge < -0.3 is 19.8 Å². The number of thiocarbonyl (C=S) groups is 1. The van der Waals surface area contributed by atoms with E-state index in [4.69, 9.17) is 12.2 Å². The van der Waals surface area contributed by atoms with Crippen LogP contribution in [0.25, 0.3) is 6.08 Å². The summed E-state index contributed by atoms with van der Waals surface area (Å²) in [4.78, 5) is 45.0. The molecule has 0 radical (unpaired) electrons. The Morgan fingerprint density at radius 2 is 2.04 bits per heavy atom. The largest absolute Gasteiger partial charge is 0.550 e. The molecule has 1 aromatic carbocycles. The molecule has 9 nitrogen and oxygen atoms in total. The van der Waals surface area contributed by atoms with E-state index in [1.807, 2.05) is 0 Å². The SMILES string of the molecule is O=C([O-])C[C@H](C(=O)[O-])N1C(=O)/C(=C/c2cccc([N+](=O)[O-])c2)SC1=S. The summed E-state index contributed by atoms with van der Waals surface area (Å²) < 4.78 is -0.155. The smallest absolute Gasteiger partial charge is 0.270 e. The summed E-state index contributed by atoms with van der Waals surface area (Å²) in [6, 6.07) is 3.63. The summed E-state index contributed by atoms with van der Waals surface area (Å²) in [5, 5.41) is 32.6. The van der Waals surface area contributed by atoms with E-state index in [9.17, 15) is 34.7 Å². The molecule has 2 rings (SSSR count). The van der Waals surface area contributed by atoms with Crippen LogP contribution in [0.1, 0.15) is 12.0 Å². The number of rotatable bonds is 6. The molecule has 25 heavy (non-hydrogen) atoms. The Morgan fingerprint density at radius 3 is 2.60 bits per heavy atom. The highest BCUT2D eigenvalue weighted by molar-refractivity contribution is 8.26. The summed E-state index contributed by atoms with van der Waals surface area (Å²) in [6.07, 6.45) is 0.330. The third kappa shape index (κ3) is 4.19. The van der Waals surface area contributed by atoms with Gasteiger partial charge in [0.15, 0.2) is 0 Å². The number of thioether (sulfide) groups is 1. The second-order valence-electron chi connectivity index (χ2n) is 4.81. The number of nitrogens with zero attached hydrogens (tertiary/aromatic N) is 2. The monoisotopic (exact) mass is 380 g/mol. The molecule has 0 saturated carbocycles. The van der Waals surface area contributed by atoms with Gasteiger partial charge in [0.1, 0.15) is 4.32 Å². The first kappa shape index (κ1) is 18.5. The highest BCUT2D eigenvalue weighted by Gasteiger charge is 2.37. The Kier molecular flexibility index (Phi) is 5.49. The molecule has 0 aromatic heterocycles. The van der Waals surface area contributed by atoms with E-state index in [-0.39, 0.29) is 14.9 Å². The van der Waals surface area contributed by atoms with E-state index in [1.165, 1.54) is 30.3 Å². The summed E-state index contributed by atoms with van der Waals surface area (Å²) >= 11 is 5.70. The number of hydrogen-bond acceptors (Lipinski definition) is 9. The van der Waals surface area contributed by atoms with Gasteiger partial charge in [0, 0.05) is 24.5 Å². The van der Waals surface area contributed by atoms with Crippen molar-refractivity contribution >= 4 is 57.9 Å². The van der Waals surface area contributed by atoms with Crippen molar-refractivity contribution in [3.05, 3.63) is 44.8 Å². The lowest BCUT2D eigenvalue weighted by atomic mass is 10.1. The zero-order valence-electron chi connectivity index (χ0n) is 12.2. The summed E-state index contributed by atoms with van der Waals surface area (Å²) in [6.45, 7) is 0. The first-order valence-electron chi connectivity index (χ1n) is 6.63. The van der Waals surface area contributed by atoms with E-state index >= 15 is 0 Å². The molecule has 0 unspecified atom stereocenters. The topological polar surface area (TPSA) is 144 Å². The molecule has 0 spiro atoms. The Hall–Kier alpha value is -2.79. The quantitative estimate of drug-likeness (QED) is 0.264. The number of nitro groups is 1. The van der Waals surface area contributed by atoms with Crippen LogP contribution in [-0.4, -0.2) is 38.0 Å². The molecular formula is C14H8N2O7S2-2. The maximum absolute atomic E-state index is 12.4. The Labute approximate surface area is 150 Å². The molecule has 1 atom stereocenters. The van der Waals surface area contributed by atoms with E-state index in [1.54, 1.807) is 0 Å². The Morgan fingerprint density at radius 1 is 1.36 bits per heavy atom. The van der Waals surface area contributed by atoms with Gasteiger partial charge in [-0.3, -0.25) is 19.8 Å². The molecule has 1 aliphatic heterocycles. The minimum atomic E-state index is -1.80. The first-order chi connectivity index (χ1) is 11.7. The predicted octanol–water partition coefficient (Wildman–Crippen LogP) is -0.945. The van der Waals surface area contributed by atoms with Crippen molar-refractivity contribution in [3.63, 3.8) is 0 Å². The molecule has 1 aliphatic rings. The van der Waals surface area contributed by atoms with Crippen LogP contribution in [0.4, 0.5) is 5.69 Å². The fourth-order valence-electron chi connectivity index (χ4n) is 2.07. The molecule has 1 heterocycles. The van der Waals surface area contributed by atoms with Crippen LogP contribution >= 0.6 is 24.0 Å². The summed E-state index contributed by atoms with van der Waals surface area (Å²) in [7, 11) is 0. The van der Waals surface area contributed by atoms with Gasteiger partial charge >= 0.3 is 0 Å². The van der Waals surface area contributed by atoms with Crippen molar-refractivity contribution in [1.29, 1.82) is 0 Å². The van der Waals surface area contributed by atoms with E-state index in [0.29, 0.717) is 10.5 Å². The average molecular weight is 380 g/mol. The molecule has 1 saturated heterocycles. The number of hydrogen-bond donors (Lipinski definition) is 0. The fraction of sp³-hybridized carbons (Fsp3) is 0.143. The van der Waals surface area contributed by atoms with Crippen molar-refractivity contribution in [2.75, 3.05) is 0 Å². The summed E-state index contributed by atoms with van der Waals surface area (Å²) in [5.41, 5.74) is 0.147.